The van der Waals surface area contributed by atoms with Crippen LogP contribution in [0.1, 0.15) is 12.0 Å². The first-order valence-corrected chi connectivity index (χ1v) is 6.36. The topological polar surface area (TPSA) is 58.0 Å². The van der Waals surface area contributed by atoms with Gasteiger partial charge in [0, 0.05) is 0 Å². The first-order valence-electron chi connectivity index (χ1n) is 5.73. The molecule has 0 aliphatic heterocycles. The molecule has 0 aliphatic carbocycles. The highest BCUT2D eigenvalue weighted by atomic mass is 32.1. The van der Waals surface area contributed by atoms with Gasteiger partial charge in [-0.3, -0.25) is 4.98 Å². The van der Waals surface area contributed by atoms with Crippen molar-refractivity contribution in [3.8, 4) is 0 Å². The number of aromatic nitrogens is 1. The standard InChI is InChI=1S/C12H16N2O2S/c15-12-14-10-8-9(2-3-11(10)16-12)4-6-13-5-1-7-17/h2-3,8,13,17H,1,4-7H2,(H,14,15). The number of hydrogen-bond donors (Lipinski definition) is 3. The molecule has 0 amide bonds. The lowest BCUT2D eigenvalue weighted by molar-refractivity contribution is 0.555. The fourth-order valence-electron chi connectivity index (χ4n) is 1.72. The molecule has 0 saturated carbocycles. The van der Waals surface area contributed by atoms with Crippen molar-refractivity contribution in [1.82, 2.24) is 10.3 Å². The smallest absolute Gasteiger partial charge is 0.408 e. The Morgan fingerprint density at radius 1 is 1.35 bits per heavy atom. The van der Waals surface area contributed by atoms with Gasteiger partial charge in [0.2, 0.25) is 0 Å². The average molecular weight is 252 g/mol. The van der Waals surface area contributed by atoms with Crippen LogP contribution in [0.15, 0.2) is 27.4 Å². The molecule has 1 aromatic carbocycles. The van der Waals surface area contributed by atoms with Gasteiger partial charge in [-0.15, -0.1) is 0 Å². The van der Waals surface area contributed by atoms with Crippen LogP contribution in [0, 0.1) is 0 Å². The number of rotatable bonds is 6. The molecule has 0 radical (unpaired) electrons. The summed E-state index contributed by atoms with van der Waals surface area (Å²) < 4.78 is 4.95. The van der Waals surface area contributed by atoms with Crippen LogP contribution in [0.2, 0.25) is 0 Å². The van der Waals surface area contributed by atoms with Crippen molar-refractivity contribution in [2.24, 2.45) is 0 Å². The second-order valence-corrected chi connectivity index (χ2v) is 4.37. The molecule has 0 fully saturated rings. The Bertz CT molecular complexity index is 533. The summed E-state index contributed by atoms with van der Waals surface area (Å²) in [7, 11) is 0. The summed E-state index contributed by atoms with van der Waals surface area (Å²) in [5, 5.41) is 3.34. The molecule has 2 rings (SSSR count). The SMILES string of the molecule is O=c1[nH]c2cc(CCNCCCS)ccc2o1. The first-order chi connectivity index (χ1) is 8.29. The van der Waals surface area contributed by atoms with E-state index < -0.39 is 5.76 Å². The quantitative estimate of drug-likeness (QED) is 0.540. The Morgan fingerprint density at radius 3 is 3.06 bits per heavy atom. The van der Waals surface area contributed by atoms with Crippen molar-refractivity contribution in [3.63, 3.8) is 0 Å². The molecule has 0 aliphatic rings. The second-order valence-electron chi connectivity index (χ2n) is 3.92. The Hall–Kier alpha value is -1.20. The van der Waals surface area contributed by atoms with Crippen molar-refractivity contribution in [2.45, 2.75) is 12.8 Å². The molecule has 0 bridgehead atoms. The molecule has 0 unspecified atom stereocenters. The van der Waals surface area contributed by atoms with E-state index in [9.17, 15) is 4.79 Å². The van der Waals surface area contributed by atoms with Crippen LogP contribution in [0.3, 0.4) is 0 Å². The van der Waals surface area contributed by atoms with Crippen LogP contribution in [-0.4, -0.2) is 23.8 Å². The van der Waals surface area contributed by atoms with E-state index in [1.54, 1.807) is 0 Å². The van der Waals surface area contributed by atoms with Gasteiger partial charge >= 0.3 is 5.76 Å². The van der Waals surface area contributed by atoms with Gasteiger partial charge in [0.25, 0.3) is 0 Å². The minimum Gasteiger partial charge on any atom is -0.408 e. The predicted octanol–water partition coefficient (Wildman–Crippen LogP) is 1.57. The minimum absolute atomic E-state index is 0.399. The molecule has 2 aromatic rings. The second kappa shape index (κ2) is 5.93. The Morgan fingerprint density at radius 2 is 2.24 bits per heavy atom. The third-order valence-electron chi connectivity index (χ3n) is 2.59. The van der Waals surface area contributed by atoms with Gasteiger partial charge in [-0.25, -0.2) is 4.79 Å². The summed E-state index contributed by atoms with van der Waals surface area (Å²) >= 11 is 4.15. The molecule has 0 saturated heterocycles. The maximum absolute atomic E-state index is 11.0. The number of fused-ring (bicyclic) bond motifs is 1. The van der Waals surface area contributed by atoms with Crippen molar-refractivity contribution in [1.29, 1.82) is 0 Å². The molecular formula is C12H16N2O2S. The van der Waals surface area contributed by atoms with E-state index >= 15 is 0 Å². The van der Waals surface area contributed by atoms with Crippen molar-refractivity contribution in [3.05, 3.63) is 34.3 Å². The van der Waals surface area contributed by atoms with Gasteiger partial charge in [0.1, 0.15) is 0 Å². The number of hydrogen-bond acceptors (Lipinski definition) is 4. The number of thiol groups is 1. The molecule has 0 spiro atoms. The zero-order valence-corrected chi connectivity index (χ0v) is 10.4. The number of H-pyrrole nitrogens is 1. The number of benzene rings is 1. The fraction of sp³-hybridized carbons (Fsp3) is 0.417. The van der Waals surface area contributed by atoms with Crippen molar-refractivity contribution in [2.75, 3.05) is 18.8 Å². The van der Waals surface area contributed by atoms with E-state index in [1.165, 1.54) is 5.56 Å². The van der Waals surface area contributed by atoms with Gasteiger partial charge in [0.05, 0.1) is 5.52 Å². The van der Waals surface area contributed by atoms with Gasteiger partial charge in [0.15, 0.2) is 5.58 Å². The largest absolute Gasteiger partial charge is 0.417 e. The molecule has 1 aromatic heterocycles. The lowest BCUT2D eigenvalue weighted by atomic mass is 10.1. The zero-order valence-electron chi connectivity index (χ0n) is 9.53. The maximum atomic E-state index is 11.0. The monoisotopic (exact) mass is 252 g/mol. The lowest BCUT2D eigenvalue weighted by Gasteiger charge is -2.03. The number of oxazole rings is 1. The lowest BCUT2D eigenvalue weighted by Crippen LogP contribution is -2.18. The van der Waals surface area contributed by atoms with Crippen LogP contribution >= 0.6 is 12.6 Å². The van der Waals surface area contributed by atoms with Crippen molar-refractivity contribution < 1.29 is 4.42 Å². The highest BCUT2D eigenvalue weighted by molar-refractivity contribution is 7.80. The zero-order chi connectivity index (χ0) is 12.1. The Kier molecular flexibility index (Phi) is 4.28. The highest BCUT2D eigenvalue weighted by Gasteiger charge is 2.01. The van der Waals surface area contributed by atoms with E-state index in [0.29, 0.717) is 5.58 Å². The van der Waals surface area contributed by atoms with Crippen LogP contribution in [0.5, 0.6) is 0 Å². The third kappa shape index (κ3) is 3.38. The van der Waals surface area contributed by atoms with E-state index in [2.05, 4.69) is 22.9 Å². The molecule has 2 N–H and O–H groups in total. The normalized spacial score (nSPS) is 11.1. The van der Waals surface area contributed by atoms with Gasteiger partial charge in [-0.2, -0.15) is 12.6 Å². The Labute approximate surface area is 105 Å². The third-order valence-corrected chi connectivity index (χ3v) is 2.90. The van der Waals surface area contributed by atoms with Crippen LogP contribution in [0.4, 0.5) is 0 Å². The number of aromatic amines is 1. The maximum Gasteiger partial charge on any atom is 0.417 e. The summed E-state index contributed by atoms with van der Waals surface area (Å²) in [5.74, 6) is 0.513. The summed E-state index contributed by atoms with van der Waals surface area (Å²) in [6, 6.07) is 5.77. The van der Waals surface area contributed by atoms with Crippen LogP contribution in [0.25, 0.3) is 11.1 Å². The molecule has 5 heteroatoms. The van der Waals surface area contributed by atoms with E-state index in [1.807, 2.05) is 18.2 Å². The van der Waals surface area contributed by atoms with Gasteiger partial charge in [-0.05, 0) is 49.4 Å². The molecule has 0 atom stereocenters. The fourth-order valence-corrected chi connectivity index (χ4v) is 1.87. The van der Waals surface area contributed by atoms with E-state index in [4.69, 9.17) is 4.42 Å². The van der Waals surface area contributed by atoms with Gasteiger partial charge in [-0.1, -0.05) is 6.07 Å². The highest BCUT2D eigenvalue weighted by Crippen LogP contribution is 2.12. The molecule has 1 heterocycles. The summed E-state index contributed by atoms with van der Waals surface area (Å²) in [4.78, 5) is 13.6. The molecule has 4 nitrogen and oxygen atoms in total. The van der Waals surface area contributed by atoms with Crippen LogP contribution < -0.4 is 11.1 Å². The summed E-state index contributed by atoms with van der Waals surface area (Å²) in [6.07, 6.45) is 2.02. The Balaban J connectivity index is 1.92. The molecule has 92 valence electrons. The first kappa shape index (κ1) is 12.3. The van der Waals surface area contributed by atoms with Gasteiger partial charge < -0.3 is 9.73 Å². The predicted molar refractivity (Wildman–Crippen MR) is 71.9 cm³/mol. The summed E-state index contributed by atoms with van der Waals surface area (Å²) in [6.45, 7) is 1.93. The van der Waals surface area contributed by atoms with E-state index in [-0.39, 0.29) is 0 Å². The average Bonchev–Trinajstić information content (AvgIpc) is 2.68. The molecular weight excluding hydrogens is 236 g/mol. The van der Waals surface area contributed by atoms with E-state index in [0.717, 1.165) is 37.2 Å². The molecule has 17 heavy (non-hydrogen) atoms. The number of nitrogens with one attached hydrogen (secondary N) is 2. The summed E-state index contributed by atoms with van der Waals surface area (Å²) in [5.41, 5.74) is 2.57. The van der Waals surface area contributed by atoms with Crippen molar-refractivity contribution >= 4 is 23.7 Å². The van der Waals surface area contributed by atoms with Crippen LogP contribution in [-0.2, 0) is 6.42 Å². The minimum atomic E-state index is -0.399.